The van der Waals surface area contributed by atoms with Crippen molar-refractivity contribution in [3.8, 4) is 11.4 Å². The Labute approximate surface area is 233 Å². The third-order valence-corrected chi connectivity index (χ3v) is 7.17. The van der Waals surface area contributed by atoms with Crippen LogP contribution in [0.4, 0.5) is 4.39 Å². The van der Waals surface area contributed by atoms with Gasteiger partial charge in [-0.2, -0.15) is 0 Å². The molecule has 0 radical (unpaired) electrons. The average Bonchev–Trinajstić information content (AvgIpc) is 3.67. The molecule has 4 heterocycles. The highest BCUT2D eigenvalue weighted by atomic mass is 19.1. The molecule has 4 N–H and O–H groups in total. The molecule has 9 nitrogen and oxygen atoms in total. The van der Waals surface area contributed by atoms with Gasteiger partial charge in [-0.15, -0.1) is 0 Å². The summed E-state index contributed by atoms with van der Waals surface area (Å²) >= 11 is 0. The molecular formula is C30H35FN8O. The summed E-state index contributed by atoms with van der Waals surface area (Å²) in [4.78, 5) is 21.4. The number of amidine groups is 1. The van der Waals surface area contributed by atoms with E-state index in [4.69, 9.17) is 20.9 Å². The number of halogens is 1. The first-order chi connectivity index (χ1) is 19.6. The number of nitrogens with two attached hydrogens (primary N) is 1. The van der Waals surface area contributed by atoms with Crippen LogP contribution in [0, 0.1) is 11.2 Å². The van der Waals surface area contributed by atoms with Gasteiger partial charge in [0.25, 0.3) is 0 Å². The van der Waals surface area contributed by atoms with Crippen LogP contribution in [0.5, 0.6) is 0 Å². The molecule has 40 heavy (non-hydrogen) atoms. The van der Waals surface area contributed by atoms with Gasteiger partial charge in [0.15, 0.2) is 0 Å². The summed E-state index contributed by atoms with van der Waals surface area (Å²) in [7, 11) is 0. The largest absolute Gasteiger partial charge is 0.404 e. The highest BCUT2D eigenvalue weighted by Gasteiger charge is 2.27. The van der Waals surface area contributed by atoms with Crippen molar-refractivity contribution in [1.29, 1.82) is 5.41 Å². The standard InChI is InChI=1S/C30H35FN8O/c31-24-5-1-4-22(18-24)28-8-3-12-39(28)29(33)9-10-30-35-21-27(37-30)26-7-2-6-25(36-26)23(19-32)20-34-11-13-38-14-16-40-17-15-38/h1-2,4-7,9-10,18-21,28,33H,3,8,11-17,32H2,(H,35,37)/b10-9-,23-19?,33-29?,34-20?/t28-/m1/s1. The maximum Gasteiger partial charge on any atom is 0.130 e. The molecule has 5 rings (SSSR count). The number of likely N-dealkylation sites (tertiary alicyclic amines) is 1. The number of aromatic amines is 1. The molecule has 2 aliphatic heterocycles. The van der Waals surface area contributed by atoms with E-state index in [-0.39, 0.29) is 11.9 Å². The lowest BCUT2D eigenvalue weighted by Crippen LogP contribution is -2.37. The predicted octanol–water partition coefficient (Wildman–Crippen LogP) is 4.14. The topological polar surface area (TPSA) is 120 Å². The fraction of sp³-hybridized carbons (Fsp3) is 0.333. The molecule has 2 saturated heterocycles. The quantitative estimate of drug-likeness (QED) is 0.276. The number of ether oxygens (including phenoxy) is 1. The van der Waals surface area contributed by atoms with Crippen molar-refractivity contribution >= 4 is 23.7 Å². The molecule has 1 aromatic carbocycles. The Hall–Kier alpha value is -4.15. The summed E-state index contributed by atoms with van der Waals surface area (Å²) in [6.45, 7) is 5.76. The van der Waals surface area contributed by atoms with E-state index in [1.165, 1.54) is 12.3 Å². The molecule has 3 aromatic rings. The monoisotopic (exact) mass is 542 g/mol. The van der Waals surface area contributed by atoms with Crippen molar-refractivity contribution in [3.05, 3.63) is 83.8 Å². The first-order valence-corrected chi connectivity index (χ1v) is 13.6. The van der Waals surface area contributed by atoms with Crippen LogP contribution < -0.4 is 5.73 Å². The number of benzene rings is 1. The molecular weight excluding hydrogens is 507 g/mol. The number of pyridine rings is 1. The van der Waals surface area contributed by atoms with Crippen LogP contribution in [0.2, 0.25) is 0 Å². The molecule has 2 aromatic heterocycles. The van der Waals surface area contributed by atoms with Crippen LogP contribution >= 0.6 is 0 Å². The Morgan fingerprint density at radius 2 is 2.05 bits per heavy atom. The Morgan fingerprint density at radius 3 is 2.88 bits per heavy atom. The summed E-state index contributed by atoms with van der Waals surface area (Å²) in [5.74, 6) is 0.737. The molecule has 10 heteroatoms. The molecule has 0 bridgehead atoms. The van der Waals surface area contributed by atoms with Crippen molar-refractivity contribution in [3.63, 3.8) is 0 Å². The average molecular weight is 543 g/mol. The smallest absolute Gasteiger partial charge is 0.130 e. The minimum absolute atomic E-state index is 0.000320. The maximum atomic E-state index is 13.8. The third kappa shape index (κ3) is 6.88. The number of hydrogen-bond acceptors (Lipinski definition) is 7. The van der Waals surface area contributed by atoms with E-state index in [0.29, 0.717) is 18.2 Å². The highest BCUT2D eigenvalue weighted by Crippen LogP contribution is 2.32. The van der Waals surface area contributed by atoms with Gasteiger partial charge in [0.1, 0.15) is 17.5 Å². The second kappa shape index (κ2) is 13.3. The van der Waals surface area contributed by atoms with E-state index in [1.807, 2.05) is 29.2 Å². The van der Waals surface area contributed by atoms with Gasteiger partial charge in [0.2, 0.25) is 0 Å². The van der Waals surface area contributed by atoms with Crippen molar-refractivity contribution in [1.82, 2.24) is 24.8 Å². The van der Waals surface area contributed by atoms with E-state index in [0.717, 1.165) is 80.5 Å². The summed E-state index contributed by atoms with van der Waals surface area (Å²) in [6, 6.07) is 12.4. The van der Waals surface area contributed by atoms with Crippen LogP contribution in [-0.2, 0) is 4.74 Å². The fourth-order valence-electron chi connectivity index (χ4n) is 5.05. The SMILES string of the molecule is N=C(/C=C\c1ncc(-c2cccc(C(C=NCCN3CCOCC3)=CN)n2)[nH]1)N1CCC[C@@H]1c1cccc(F)c1. The molecule has 0 unspecified atom stereocenters. The molecule has 208 valence electrons. The number of imidazole rings is 1. The minimum atomic E-state index is -0.252. The van der Waals surface area contributed by atoms with Gasteiger partial charge >= 0.3 is 0 Å². The van der Waals surface area contributed by atoms with Crippen LogP contribution in [0.25, 0.3) is 23.0 Å². The van der Waals surface area contributed by atoms with Crippen molar-refractivity contribution in [2.24, 2.45) is 10.7 Å². The molecule has 1 atom stereocenters. The van der Waals surface area contributed by atoms with Crippen LogP contribution in [0.3, 0.4) is 0 Å². The first-order valence-electron chi connectivity index (χ1n) is 13.6. The van der Waals surface area contributed by atoms with E-state index in [2.05, 4.69) is 19.9 Å². The lowest BCUT2D eigenvalue weighted by atomic mass is 10.0. The van der Waals surface area contributed by atoms with Gasteiger partial charge in [0.05, 0.1) is 49.1 Å². The zero-order valence-electron chi connectivity index (χ0n) is 22.5. The number of nitrogens with zero attached hydrogens (tertiary/aromatic N) is 5. The van der Waals surface area contributed by atoms with E-state index in [9.17, 15) is 4.39 Å². The van der Waals surface area contributed by atoms with Gasteiger partial charge in [-0.25, -0.2) is 14.4 Å². The van der Waals surface area contributed by atoms with Gasteiger partial charge in [0, 0.05) is 44.2 Å². The van der Waals surface area contributed by atoms with E-state index in [1.54, 1.807) is 36.7 Å². The van der Waals surface area contributed by atoms with E-state index >= 15 is 0 Å². The van der Waals surface area contributed by atoms with Crippen molar-refractivity contribution in [2.75, 3.05) is 45.9 Å². The van der Waals surface area contributed by atoms with Gasteiger partial charge in [-0.3, -0.25) is 15.3 Å². The van der Waals surface area contributed by atoms with Crippen LogP contribution in [-0.4, -0.2) is 82.7 Å². The van der Waals surface area contributed by atoms with Gasteiger partial charge in [-0.1, -0.05) is 18.2 Å². The Kier molecular flexibility index (Phi) is 9.10. The lowest BCUT2D eigenvalue weighted by molar-refractivity contribution is 0.0395. The predicted molar refractivity (Wildman–Crippen MR) is 156 cm³/mol. The van der Waals surface area contributed by atoms with Crippen LogP contribution in [0.1, 0.15) is 36.0 Å². The number of rotatable bonds is 9. The minimum Gasteiger partial charge on any atom is -0.404 e. The van der Waals surface area contributed by atoms with Crippen LogP contribution in [0.15, 0.2) is 65.9 Å². The second-order valence-electron chi connectivity index (χ2n) is 9.83. The second-order valence-corrected chi connectivity index (χ2v) is 9.83. The Morgan fingerprint density at radius 1 is 1.20 bits per heavy atom. The number of aliphatic imine (C=N–C) groups is 1. The van der Waals surface area contributed by atoms with Crippen molar-refractivity contribution in [2.45, 2.75) is 18.9 Å². The Bertz CT molecular complexity index is 1390. The summed E-state index contributed by atoms with van der Waals surface area (Å²) in [6.07, 6.45) is 10.4. The number of H-pyrrole nitrogens is 1. The maximum absolute atomic E-state index is 13.8. The van der Waals surface area contributed by atoms with Crippen molar-refractivity contribution < 1.29 is 9.13 Å². The summed E-state index contributed by atoms with van der Waals surface area (Å²) < 4.78 is 19.1. The zero-order chi connectivity index (χ0) is 27.7. The number of nitrogens with one attached hydrogen (secondary N) is 2. The number of hydrogen-bond donors (Lipinski definition) is 3. The molecule has 0 amide bonds. The zero-order valence-corrected chi connectivity index (χ0v) is 22.5. The number of allylic oxidation sites excluding steroid dienone is 1. The molecule has 2 fully saturated rings. The van der Waals surface area contributed by atoms with Gasteiger partial charge < -0.3 is 20.4 Å². The number of aromatic nitrogens is 3. The fourth-order valence-corrected chi connectivity index (χ4v) is 5.05. The third-order valence-electron chi connectivity index (χ3n) is 7.17. The Balaban J connectivity index is 1.21. The first kappa shape index (κ1) is 27.4. The molecule has 0 spiro atoms. The molecule has 0 saturated carbocycles. The molecule has 2 aliphatic rings. The summed E-state index contributed by atoms with van der Waals surface area (Å²) in [5, 5.41) is 8.62. The number of morpholine rings is 1. The van der Waals surface area contributed by atoms with E-state index < -0.39 is 0 Å². The molecule has 0 aliphatic carbocycles. The lowest BCUT2D eigenvalue weighted by Gasteiger charge is -2.26. The highest BCUT2D eigenvalue weighted by molar-refractivity contribution is 6.08. The van der Waals surface area contributed by atoms with Gasteiger partial charge in [-0.05, 0) is 54.8 Å². The normalized spacial score (nSPS) is 18.8. The summed E-state index contributed by atoms with van der Waals surface area (Å²) in [5.41, 5.74) is 9.76.